The van der Waals surface area contributed by atoms with E-state index < -0.39 is 0 Å². The number of methoxy groups -OCH3 is 2. The number of hydrogen-bond acceptors (Lipinski definition) is 6. The van der Waals surface area contributed by atoms with Gasteiger partial charge >= 0.3 is 0 Å². The maximum Gasteiger partial charge on any atom is 0.224 e. The highest BCUT2D eigenvalue weighted by atomic mass is 16.5. The molecule has 0 amide bonds. The molecule has 2 N–H and O–H groups in total. The van der Waals surface area contributed by atoms with Crippen LogP contribution in [0.4, 0.5) is 17.5 Å². The number of aryl methyl sites for hydroxylation is 1. The van der Waals surface area contributed by atoms with Crippen molar-refractivity contribution < 1.29 is 9.47 Å². The minimum absolute atomic E-state index is 0.593. The standard InChI is InChI=1S/C22H26N4O2/c1-15-6-5-7-18(16(15)2)25-21-11-13-24-22(26-21)23-12-10-17-8-9-19(27-3)20(14-17)28-4/h5-9,11,13-14H,10,12H2,1-4H3,(H2,23,24,25,26). The van der Waals surface area contributed by atoms with Gasteiger partial charge < -0.3 is 20.1 Å². The molecule has 0 fully saturated rings. The van der Waals surface area contributed by atoms with Crippen LogP contribution in [0, 0.1) is 13.8 Å². The quantitative estimate of drug-likeness (QED) is 0.601. The lowest BCUT2D eigenvalue weighted by molar-refractivity contribution is 0.354. The molecule has 0 radical (unpaired) electrons. The lowest BCUT2D eigenvalue weighted by Crippen LogP contribution is -2.09. The van der Waals surface area contributed by atoms with Crippen molar-refractivity contribution in [1.29, 1.82) is 0 Å². The van der Waals surface area contributed by atoms with Crippen molar-refractivity contribution in [2.45, 2.75) is 20.3 Å². The third-order valence-corrected chi connectivity index (χ3v) is 4.67. The zero-order valence-corrected chi connectivity index (χ0v) is 16.7. The van der Waals surface area contributed by atoms with E-state index in [2.05, 4.69) is 46.6 Å². The minimum Gasteiger partial charge on any atom is -0.493 e. The molecular formula is C22H26N4O2. The van der Waals surface area contributed by atoms with Crippen LogP contribution in [-0.2, 0) is 6.42 Å². The van der Waals surface area contributed by atoms with Gasteiger partial charge in [0.1, 0.15) is 5.82 Å². The first kappa shape index (κ1) is 19.5. The predicted octanol–water partition coefficient (Wildman–Crippen LogP) is 4.51. The third-order valence-electron chi connectivity index (χ3n) is 4.67. The molecule has 3 aromatic rings. The summed E-state index contributed by atoms with van der Waals surface area (Å²) < 4.78 is 10.6. The lowest BCUT2D eigenvalue weighted by Gasteiger charge is -2.12. The summed E-state index contributed by atoms with van der Waals surface area (Å²) in [5, 5.41) is 6.64. The molecule has 1 aromatic heterocycles. The van der Waals surface area contributed by atoms with E-state index in [1.807, 2.05) is 30.3 Å². The Morgan fingerprint density at radius 2 is 1.79 bits per heavy atom. The maximum atomic E-state index is 5.35. The molecule has 6 nitrogen and oxygen atoms in total. The Bertz CT molecular complexity index is 944. The first-order valence-electron chi connectivity index (χ1n) is 9.21. The molecule has 146 valence electrons. The van der Waals surface area contributed by atoms with E-state index in [-0.39, 0.29) is 0 Å². The fraction of sp³-hybridized carbons (Fsp3) is 0.273. The normalized spacial score (nSPS) is 10.4. The largest absolute Gasteiger partial charge is 0.493 e. The number of rotatable bonds is 8. The van der Waals surface area contributed by atoms with Crippen molar-refractivity contribution >= 4 is 17.5 Å². The van der Waals surface area contributed by atoms with Gasteiger partial charge in [-0.05, 0) is 61.2 Å². The second kappa shape index (κ2) is 9.08. The summed E-state index contributed by atoms with van der Waals surface area (Å²) in [4.78, 5) is 8.86. The van der Waals surface area contributed by atoms with Crippen molar-refractivity contribution in [3.05, 3.63) is 65.4 Å². The van der Waals surface area contributed by atoms with E-state index in [0.717, 1.165) is 35.0 Å². The van der Waals surface area contributed by atoms with Gasteiger partial charge in [-0.15, -0.1) is 0 Å². The number of nitrogens with zero attached hydrogens (tertiary/aromatic N) is 2. The lowest BCUT2D eigenvalue weighted by atomic mass is 10.1. The summed E-state index contributed by atoms with van der Waals surface area (Å²) in [6, 6.07) is 14.0. The first-order valence-corrected chi connectivity index (χ1v) is 9.21. The maximum absolute atomic E-state index is 5.35. The van der Waals surface area contributed by atoms with Gasteiger partial charge in [0.15, 0.2) is 11.5 Å². The highest BCUT2D eigenvalue weighted by molar-refractivity contribution is 5.62. The van der Waals surface area contributed by atoms with Crippen molar-refractivity contribution in [2.75, 3.05) is 31.4 Å². The van der Waals surface area contributed by atoms with Gasteiger partial charge in [0, 0.05) is 18.4 Å². The van der Waals surface area contributed by atoms with Gasteiger partial charge in [0.2, 0.25) is 5.95 Å². The zero-order chi connectivity index (χ0) is 19.9. The third kappa shape index (κ3) is 4.71. The van der Waals surface area contributed by atoms with E-state index in [4.69, 9.17) is 9.47 Å². The van der Waals surface area contributed by atoms with Crippen LogP contribution in [0.3, 0.4) is 0 Å². The molecule has 3 rings (SSSR count). The zero-order valence-electron chi connectivity index (χ0n) is 16.7. The van der Waals surface area contributed by atoms with Crippen LogP contribution in [0.1, 0.15) is 16.7 Å². The van der Waals surface area contributed by atoms with Crippen LogP contribution in [0.2, 0.25) is 0 Å². The molecule has 0 atom stereocenters. The molecular weight excluding hydrogens is 352 g/mol. The molecule has 0 unspecified atom stereocenters. The Balaban J connectivity index is 1.61. The number of ether oxygens (including phenoxy) is 2. The highest BCUT2D eigenvalue weighted by Gasteiger charge is 2.06. The van der Waals surface area contributed by atoms with Gasteiger partial charge in [-0.25, -0.2) is 4.98 Å². The van der Waals surface area contributed by atoms with Crippen LogP contribution in [0.15, 0.2) is 48.7 Å². The van der Waals surface area contributed by atoms with Crippen LogP contribution in [0.25, 0.3) is 0 Å². The molecule has 0 aliphatic rings. The summed E-state index contributed by atoms with van der Waals surface area (Å²) in [5.74, 6) is 2.82. The molecule has 0 aliphatic carbocycles. The van der Waals surface area contributed by atoms with Gasteiger partial charge in [0.05, 0.1) is 14.2 Å². The van der Waals surface area contributed by atoms with Gasteiger partial charge in [-0.3, -0.25) is 0 Å². The van der Waals surface area contributed by atoms with E-state index in [1.165, 1.54) is 11.1 Å². The Morgan fingerprint density at radius 3 is 2.57 bits per heavy atom. The monoisotopic (exact) mass is 378 g/mol. The smallest absolute Gasteiger partial charge is 0.224 e. The Labute approximate surface area is 166 Å². The molecule has 0 spiro atoms. The van der Waals surface area contributed by atoms with Crippen LogP contribution < -0.4 is 20.1 Å². The summed E-state index contributed by atoms with van der Waals surface area (Å²) in [6.45, 7) is 4.91. The number of aromatic nitrogens is 2. The number of nitrogens with one attached hydrogen (secondary N) is 2. The Kier molecular flexibility index (Phi) is 6.32. The van der Waals surface area contributed by atoms with Crippen molar-refractivity contribution in [3.8, 4) is 11.5 Å². The molecule has 0 saturated carbocycles. The van der Waals surface area contributed by atoms with Gasteiger partial charge in [0.25, 0.3) is 0 Å². The van der Waals surface area contributed by atoms with Crippen molar-refractivity contribution in [1.82, 2.24) is 9.97 Å². The van der Waals surface area contributed by atoms with Crippen LogP contribution in [-0.4, -0.2) is 30.7 Å². The summed E-state index contributed by atoms with van der Waals surface area (Å²) in [5.41, 5.74) is 4.65. The van der Waals surface area contributed by atoms with Crippen molar-refractivity contribution in [3.63, 3.8) is 0 Å². The Hall–Kier alpha value is -3.28. The Morgan fingerprint density at radius 1 is 0.964 bits per heavy atom. The minimum atomic E-state index is 0.593. The molecule has 0 aliphatic heterocycles. The fourth-order valence-corrected chi connectivity index (χ4v) is 2.89. The van der Waals surface area contributed by atoms with E-state index in [9.17, 15) is 0 Å². The van der Waals surface area contributed by atoms with Gasteiger partial charge in [-0.2, -0.15) is 4.98 Å². The SMILES string of the molecule is COc1ccc(CCNc2nccc(Nc3cccc(C)c3C)n2)cc1OC. The van der Waals surface area contributed by atoms with Gasteiger partial charge in [-0.1, -0.05) is 18.2 Å². The topological polar surface area (TPSA) is 68.3 Å². The second-order valence-electron chi connectivity index (χ2n) is 6.50. The number of anilines is 3. The van der Waals surface area contributed by atoms with E-state index in [1.54, 1.807) is 20.4 Å². The van der Waals surface area contributed by atoms with Crippen LogP contribution in [0.5, 0.6) is 11.5 Å². The molecule has 0 bridgehead atoms. The summed E-state index contributed by atoms with van der Waals surface area (Å²) in [6.07, 6.45) is 2.57. The van der Waals surface area contributed by atoms with Crippen LogP contribution >= 0.6 is 0 Å². The first-order chi connectivity index (χ1) is 13.6. The molecule has 6 heteroatoms. The van der Waals surface area contributed by atoms with Crippen molar-refractivity contribution in [2.24, 2.45) is 0 Å². The number of benzene rings is 2. The second-order valence-corrected chi connectivity index (χ2v) is 6.50. The summed E-state index contributed by atoms with van der Waals surface area (Å²) >= 11 is 0. The molecule has 2 aromatic carbocycles. The van der Waals surface area contributed by atoms with E-state index in [0.29, 0.717) is 12.5 Å². The average molecular weight is 378 g/mol. The molecule has 0 saturated heterocycles. The predicted molar refractivity (Wildman–Crippen MR) is 113 cm³/mol. The average Bonchev–Trinajstić information content (AvgIpc) is 2.71. The number of hydrogen-bond donors (Lipinski definition) is 2. The summed E-state index contributed by atoms with van der Waals surface area (Å²) in [7, 11) is 3.28. The molecule has 28 heavy (non-hydrogen) atoms. The van der Waals surface area contributed by atoms with E-state index >= 15 is 0 Å². The highest BCUT2D eigenvalue weighted by Crippen LogP contribution is 2.27. The fourth-order valence-electron chi connectivity index (χ4n) is 2.89. The molecule has 1 heterocycles.